The highest BCUT2D eigenvalue weighted by Gasteiger charge is 2.59. The van der Waals surface area contributed by atoms with E-state index in [0.717, 1.165) is 41.4 Å². The van der Waals surface area contributed by atoms with Gasteiger partial charge in [0.1, 0.15) is 0 Å². The fourth-order valence-electron chi connectivity index (χ4n) is 10.3. The van der Waals surface area contributed by atoms with Crippen LogP contribution in [0.4, 0.5) is 0 Å². The first-order chi connectivity index (χ1) is 19.7. The van der Waals surface area contributed by atoms with E-state index in [1.165, 1.54) is 55.7 Å². The van der Waals surface area contributed by atoms with Gasteiger partial charge in [0.05, 0.1) is 13.7 Å². The van der Waals surface area contributed by atoms with Crippen molar-refractivity contribution in [3.05, 3.63) is 82.9 Å². The second-order valence-corrected chi connectivity index (χ2v) is 20.3. The summed E-state index contributed by atoms with van der Waals surface area (Å²) in [7, 11) is -1.70. The molecule has 0 aromatic heterocycles. The summed E-state index contributed by atoms with van der Waals surface area (Å²) >= 11 is 0. The maximum atomic E-state index is 6.04. The summed E-state index contributed by atoms with van der Waals surface area (Å²) in [6, 6.07) is 20.1. The molecule has 4 aliphatic carbocycles. The molecule has 0 amide bonds. The lowest BCUT2D eigenvalue weighted by atomic mass is 9.81. The molecule has 0 saturated heterocycles. The highest BCUT2D eigenvalue weighted by Crippen LogP contribution is 2.66. The maximum absolute atomic E-state index is 6.04. The minimum absolute atomic E-state index is 0.0198. The third-order valence-electron chi connectivity index (χ3n) is 11.7. The van der Waals surface area contributed by atoms with E-state index < -0.39 is 8.07 Å². The molecule has 0 N–H and O–H groups in total. The lowest BCUT2D eigenvalue weighted by molar-refractivity contribution is -0.00471. The Morgan fingerprint density at radius 2 is 1.20 bits per heavy atom. The molecular weight excluding hydrogens is 513 g/mol. The van der Waals surface area contributed by atoms with Gasteiger partial charge < -0.3 is 4.74 Å². The Labute approximate surface area is 251 Å². The summed E-state index contributed by atoms with van der Waals surface area (Å²) in [4.78, 5) is 0. The molecule has 0 bridgehead atoms. The number of hydrogen-bond acceptors (Lipinski definition) is 1. The smallest absolute Gasteiger partial charge is 0.0598 e. The molecule has 0 spiro atoms. The standard InChI is InChI=1S/C39H54OSi/c1-27-25-35-31-17-11-9-15-29(31)19-21-33(35)37(27)41(6,24-14-8-7-13-23-40-39(3,4)5)38-28(2)26-36-32-18-12-10-16-30(32)20-22-34(36)38/h9-12,15-22,27-28,33-38H,7-8,13-14,23-26H2,1-6H3. The van der Waals surface area contributed by atoms with Gasteiger partial charge in [-0.05, 0) is 109 Å². The second-order valence-electron chi connectivity index (χ2n) is 15.5. The largest absolute Gasteiger partial charge is 0.376 e. The zero-order valence-electron chi connectivity index (χ0n) is 26.6. The molecule has 8 unspecified atom stereocenters. The van der Waals surface area contributed by atoms with Crippen LogP contribution in [0.25, 0.3) is 12.2 Å². The number of rotatable bonds is 9. The first-order valence-electron chi connectivity index (χ1n) is 16.9. The first-order valence-corrected chi connectivity index (χ1v) is 19.7. The van der Waals surface area contributed by atoms with Crippen molar-refractivity contribution in [3.63, 3.8) is 0 Å². The van der Waals surface area contributed by atoms with E-state index in [2.05, 4.69) is 114 Å². The van der Waals surface area contributed by atoms with Gasteiger partial charge in [-0.15, -0.1) is 0 Å². The third-order valence-corrected chi connectivity index (χ3v) is 18.1. The van der Waals surface area contributed by atoms with Crippen LogP contribution in [0.15, 0.2) is 60.7 Å². The van der Waals surface area contributed by atoms with Crippen LogP contribution in [0, 0.1) is 23.7 Å². The minimum atomic E-state index is -1.70. The van der Waals surface area contributed by atoms with Crippen LogP contribution >= 0.6 is 0 Å². The number of benzene rings is 2. The van der Waals surface area contributed by atoms with Crippen molar-refractivity contribution in [1.29, 1.82) is 0 Å². The molecule has 4 aliphatic rings. The highest BCUT2D eigenvalue weighted by molar-refractivity contribution is 6.82. The predicted molar refractivity (Wildman–Crippen MR) is 179 cm³/mol. The molecule has 6 rings (SSSR count). The molecule has 2 aromatic rings. The van der Waals surface area contributed by atoms with Gasteiger partial charge >= 0.3 is 0 Å². The monoisotopic (exact) mass is 566 g/mol. The number of fused-ring (bicyclic) bond motifs is 6. The van der Waals surface area contributed by atoms with E-state index in [1.54, 1.807) is 11.1 Å². The second kappa shape index (κ2) is 11.6. The maximum Gasteiger partial charge on any atom is 0.0598 e. The zero-order chi connectivity index (χ0) is 28.8. The molecule has 0 heterocycles. The van der Waals surface area contributed by atoms with Gasteiger partial charge in [0, 0.05) is 6.61 Å². The van der Waals surface area contributed by atoms with Crippen molar-refractivity contribution < 1.29 is 4.74 Å². The Hall–Kier alpha value is -1.90. The fourth-order valence-corrected chi connectivity index (χ4v) is 17.8. The molecule has 2 saturated carbocycles. The fraction of sp³-hybridized carbons (Fsp3) is 0.590. The third kappa shape index (κ3) is 5.61. The van der Waals surface area contributed by atoms with Gasteiger partial charge in [0.2, 0.25) is 0 Å². The van der Waals surface area contributed by atoms with E-state index in [4.69, 9.17) is 4.74 Å². The summed E-state index contributed by atoms with van der Waals surface area (Å²) in [5, 5.41) is 0. The van der Waals surface area contributed by atoms with Gasteiger partial charge in [-0.3, -0.25) is 0 Å². The Morgan fingerprint density at radius 3 is 1.71 bits per heavy atom. The van der Waals surface area contributed by atoms with Crippen molar-refractivity contribution in [1.82, 2.24) is 0 Å². The summed E-state index contributed by atoms with van der Waals surface area (Å²) in [6.45, 7) is 15.6. The van der Waals surface area contributed by atoms with Crippen LogP contribution in [0.1, 0.15) is 107 Å². The predicted octanol–water partition coefficient (Wildman–Crippen LogP) is 11.1. The van der Waals surface area contributed by atoms with Crippen LogP contribution < -0.4 is 0 Å². The topological polar surface area (TPSA) is 9.23 Å². The van der Waals surface area contributed by atoms with Crippen LogP contribution in [0.2, 0.25) is 23.7 Å². The quantitative estimate of drug-likeness (QED) is 0.217. The summed E-state index contributed by atoms with van der Waals surface area (Å²) in [6.07, 6.45) is 18.3. The van der Waals surface area contributed by atoms with E-state index in [0.29, 0.717) is 11.8 Å². The summed E-state index contributed by atoms with van der Waals surface area (Å²) < 4.78 is 6.04. The van der Waals surface area contributed by atoms with Crippen molar-refractivity contribution in [2.45, 2.75) is 114 Å². The molecule has 0 aliphatic heterocycles. The average molecular weight is 567 g/mol. The van der Waals surface area contributed by atoms with Crippen molar-refractivity contribution >= 4 is 20.2 Å². The lowest BCUT2D eigenvalue weighted by Crippen LogP contribution is -2.48. The Bertz CT molecular complexity index is 1180. The SMILES string of the molecule is CC1CC2c3ccccc3C=CC2C1[Si](C)(CCCCCCOC(C)(C)C)C1C(C)CC2c3ccccc3C=CC21. The number of ether oxygens (including phenoxy) is 1. The first kappa shape index (κ1) is 29.2. The van der Waals surface area contributed by atoms with E-state index >= 15 is 0 Å². The summed E-state index contributed by atoms with van der Waals surface area (Å²) in [5.74, 6) is 4.50. The molecule has 1 nitrogen and oxygen atoms in total. The molecule has 2 fully saturated rings. The van der Waals surface area contributed by atoms with Crippen LogP contribution in [-0.2, 0) is 4.74 Å². The molecular formula is C39H54OSi. The molecule has 2 heteroatoms. The van der Waals surface area contributed by atoms with Crippen molar-refractivity contribution in [3.8, 4) is 0 Å². The summed E-state index contributed by atoms with van der Waals surface area (Å²) in [5.41, 5.74) is 7.94. The Kier molecular flexibility index (Phi) is 8.29. The molecule has 220 valence electrons. The molecule has 2 aromatic carbocycles. The van der Waals surface area contributed by atoms with Gasteiger partial charge in [0.25, 0.3) is 0 Å². The molecule has 8 atom stereocenters. The van der Waals surface area contributed by atoms with Gasteiger partial charge in [-0.2, -0.15) is 0 Å². The number of hydrogen-bond donors (Lipinski definition) is 0. The molecule has 41 heavy (non-hydrogen) atoms. The van der Waals surface area contributed by atoms with E-state index in [9.17, 15) is 0 Å². The van der Waals surface area contributed by atoms with Crippen LogP contribution in [0.3, 0.4) is 0 Å². The number of allylic oxidation sites excluding steroid dienone is 2. The van der Waals surface area contributed by atoms with Gasteiger partial charge in [-0.1, -0.05) is 119 Å². The van der Waals surface area contributed by atoms with Crippen molar-refractivity contribution in [2.24, 2.45) is 23.7 Å². The normalized spacial score (nSPS) is 33.1. The lowest BCUT2D eigenvalue weighted by Gasteiger charge is -2.48. The van der Waals surface area contributed by atoms with E-state index in [-0.39, 0.29) is 5.60 Å². The van der Waals surface area contributed by atoms with Crippen LogP contribution in [-0.4, -0.2) is 20.3 Å². The van der Waals surface area contributed by atoms with Crippen LogP contribution in [0.5, 0.6) is 0 Å². The highest BCUT2D eigenvalue weighted by atomic mass is 28.3. The van der Waals surface area contributed by atoms with E-state index in [1.807, 2.05) is 0 Å². The zero-order valence-corrected chi connectivity index (χ0v) is 27.6. The van der Waals surface area contributed by atoms with Crippen molar-refractivity contribution in [2.75, 3.05) is 6.61 Å². The Morgan fingerprint density at radius 1 is 0.707 bits per heavy atom. The van der Waals surface area contributed by atoms with Gasteiger partial charge in [0.15, 0.2) is 0 Å². The molecule has 0 radical (unpaired) electrons. The average Bonchev–Trinajstić information content (AvgIpc) is 3.48. The Balaban J connectivity index is 1.27. The van der Waals surface area contributed by atoms with Gasteiger partial charge in [-0.25, -0.2) is 0 Å². The number of unbranched alkanes of at least 4 members (excludes halogenated alkanes) is 3. The minimum Gasteiger partial charge on any atom is -0.376 e.